The van der Waals surface area contributed by atoms with Crippen molar-refractivity contribution in [1.29, 1.82) is 0 Å². The second-order valence-electron chi connectivity index (χ2n) is 3.60. The van der Waals surface area contributed by atoms with Gasteiger partial charge in [0.15, 0.2) is 0 Å². The molecule has 7 heteroatoms. The van der Waals surface area contributed by atoms with Crippen LogP contribution in [-0.2, 0) is 16.1 Å². The summed E-state index contributed by atoms with van der Waals surface area (Å²) in [6.07, 6.45) is 0. The molecule has 2 aromatic rings. The van der Waals surface area contributed by atoms with Crippen LogP contribution in [0.3, 0.4) is 0 Å². The van der Waals surface area contributed by atoms with Gasteiger partial charge in [0.2, 0.25) is 5.91 Å². The van der Waals surface area contributed by atoms with Gasteiger partial charge in [-0.3, -0.25) is 4.79 Å². The van der Waals surface area contributed by atoms with Gasteiger partial charge in [-0.2, -0.15) is 0 Å². The third-order valence-corrected chi connectivity index (χ3v) is 3.93. The lowest BCUT2D eigenvalue weighted by Crippen LogP contribution is -2.22. The molecule has 18 heavy (non-hydrogen) atoms. The average molecular weight is 331 g/mol. The molecule has 2 N–H and O–H groups in total. The van der Waals surface area contributed by atoms with Gasteiger partial charge < -0.3 is 15.0 Å². The van der Waals surface area contributed by atoms with Crippen molar-refractivity contribution in [2.24, 2.45) is 5.73 Å². The minimum absolute atomic E-state index is 0.0409. The molecule has 96 valence electrons. The summed E-state index contributed by atoms with van der Waals surface area (Å²) < 4.78 is 8.38. The van der Waals surface area contributed by atoms with Gasteiger partial charge in [0.05, 0.1) is 20.6 Å². The fourth-order valence-corrected chi connectivity index (χ4v) is 3.28. The first kappa shape index (κ1) is 13.1. The summed E-state index contributed by atoms with van der Waals surface area (Å²) in [7, 11) is 0. The molecule has 2 rings (SSSR count). The number of carbonyl (C=O) groups is 2. The van der Waals surface area contributed by atoms with E-state index in [1.54, 1.807) is 17.6 Å². The number of primary amides is 1. The summed E-state index contributed by atoms with van der Waals surface area (Å²) in [5.74, 6) is -0.946. The fourth-order valence-electron chi connectivity index (χ4n) is 1.71. The molecule has 0 aromatic carbocycles. The van der Waals surface area contributed by atoms with Crippen LogP contribution < -0.4 is 5.73 Å². The second kappa shape index (κ2) is 5.11. The number of halogens is 1. The summed E-state index contributed by atoms with van der Waals surface area (Å²) in [4.78, 5) is 22.9. The monoisotopic (exact) mass is 330 g/mol. The van der Waals surface area contributed by atoms with Crippen LogP contribution in [0.4, 0.5) is 0 Å². The van der Waals surface area contributed by atoms with Gasteiger partial charge in [0.25, 0.3) is 0 Å². The number of nitrogens with zero attached hydrogens (tertiary/aromatic N) is 1. The van der Waals surface area contributed by atoms with Gasteiger partial charge in [-0.25, -0.2) is 4.79 Å². The number of hydrogen-bond acceptors (Lipinski definition) is 4. The van der Waals surface area contributed by atoms with E-state index in [0.717, 1.165) is 14.0 Å². The number of hydrogen-bond donors (Lipinski definition) is 1. The van der Waals surface area contributed by atoms with Crippen LogP contribution in [0.1, 0.15) is 17.4 Å². The van der Waals surface area contributed by atoms with Gasteiger partial charge in [0, 0.05) is 0 Å². The van der Waals surface area contributed by atoms with Crippen LogP contribution in [0.15, 0.2) is 15.9 Å². The first-order valence-corrected chi connectivity index (χ1v) is 6.88. The van der Waals surface area contributed by atoms with Crippen LogP contribution in [0, 0.1) is 0 Å². The van der Waals surface area contributed by atoms with Gasteiger partial charge in [-0.1, -0.05) is 0 Å². The lowest BCUT2D eigenvalue weighted by Gasteiger charge is -2.07. The maximum absolute atomic E-state index is 11.8. The van der Waals surface area contributed by atoms with Crippen molar-refractivity contribution >= 4 is 49.4 Å². The third-order valence-electron chi connectivity index (χ3n) is 2.36. The van der Waals surface area contributed by atoms with Gasteiger partial charge in [0.1, 0.15) is 12.2 Å². The summed E-state index contributed by atoms with van der Waals surface area (Å²) in [5, 5.41) is 0. The first-order valence-electron chi connectivity index (χ1n) is 5.27. The summed E-state index contributed by atoms with van der Waals surface area (Å²) in [6, 6.07) is 3.57. The molecule has 0 spiro atoms. The standard InChI is InChI=1S/C11H11BrN2O3S/c1-2-17-11(16)7-3-8-6(4-9(12)18-8)14(7)5-10(13)15/h3-4H,2,5H2,1H3,(H2,13,15). The molecule has 0 aliphatic rings. The van der Waals surface area contributed by atoms with Crippen molar-refractivity contribution in [3.05, 3.63) is 21.6 Å². The topological polar surface area (TPSA) is 74.3 Å². The number of thiophene rings is 1. The molecule has 0 saturated heterocycles. The van der Waals surface area contributed by atoms with E-state index in [1.165, 1.54) is 11.3 Å². The Hall–Kier alpha value is -1.34. The number of fused-ring (bicyclic) bond motifs is 1. The van der Waals surface area contributed by atoms with E-state index in [9.17, 15) is 9.59 Å². The van der Waals surface area contributed by atoms with E-state index in [4.69, 9.17) is 10.5 Å². The molecule has 0 bridgehead atoms. The number of amides is 1. The maximum atomic E-state index is 11.8. The van der Waals surface area contributed by atoms with Gasteiger partial charge in [-0.05, 0) is 35.0 Å². The SMILES string of the molecule is CCOC(=O)c1cc2sc(Br)cc2n1CC(N)=O. The molecule has 0 radical (unpaired) electrons. The largest absolute Gasteiger partial charge is 0.461 e. The highest BCUT2D eigenvalue weighted by molar-refractivity contribution is 9.11. The predicted octanol–water partition coefficient (Wildman–Crippen LogP) is 2.13. The number of carbonyl (C=O) groups excluding carboxylic acids is 2. The molecule has 0 saturated carbocycles. The molecule has 0 unspecified atom stereocenters. The molecule has 0 fully saturated rings. The van der Waals surface area contributed by atoms with Crippen LogP contribution in [0.5, 0.6) is 0 Å². The predicted molar refractivity (Wildman–Crippen MR) is 72.7 cm³/mol. The zero-order valence-electron chi connectivity index (χ0n) is 9.60. The maximum Gasteiger partial charge on any atom is 0.355 e. The van der Waals surface area contributed by atoms with Crippen LogP contribution in [-0.4, -0.2) is 23.1 Å². The number of aromatic nitrogens is 1. The van der Waals surface area contributed by atoms with E-state index in [1.807, 2.05) is 6.07 Å². The molecule has 0 atom stereocenters. The number of rotatable bonds is 4. The van der Waals surface area contributed by atoms with E-state index >= 15 is 0 Å². The Kier molecular flexibility index (Phi) is 3.72. The Morgan fingerprint density at radius 3 is 2.83 bits per heavy atom. The number of nitrogens with two attached hydrogens (primary N) is 1. The van der Waals surface area contributed by atoms with E-state index < -0.39 is 11.9 Å². The Labute approximate surface area is 116 Å². The van der Waals surface area contributed by atoms with Crippen LogP contribution >= 0.6 is 27.3 Å². The highest BCUT2D eigenvalue weighted by Gasteiger charge is 2.19. The Bertz CT molecular complexity index is 617. The van der Waals surface area contributed by atoms with Crippen molar-refractivity contribution in [1.82, 2.24) is 4.57 Å². The Morgan fingerprint density at radius 2 is 2.22 bits per heavy atom. The van der Waals surface area contributed by atoms with Crippen molar-refractivity contribution in [2.45, 2.75) is 13.5 Å². The molecular weight excluding hydrogens is 320 g/mol. The lowest BCUT2D eigenvalue weighted by atomic mass is 10.4. The van der Waals surface area contributed by atoms with Crippen LogP contribution in [0.2, 0.25) is 0 Å². The Morgan fingerprint density at radius 1 is 1.50 bits per heavy atom. The number of ether oxygens (including phenoxy) is 1. The Balaban J connectivity index is 2.53. The quantitative estimate of drug-likeness (QED) is 0.872. The smallest absolute Gasteiger partial charge is 0.355 e. The zero-order chi connectivity index (χ0) is 13.3. The van der Waals surface area contributed by atoms with E-state index in [0.29, 0.717) is 5.69 Å². The zero-order valence-corrected chi connectivity index (χ0v) is 12.0. The lowest BCUT2D eigenvalue weighted by molar-refractivity contribution is -0.118. The summed E-state index contributed by atoms with van der Waals surface area (Å²) in [5.41, 5.74) is 6.36. The molecule has 5 nitrogen and oxygen atoms in total. The van der Waals surface area contributed by atoms with Crippen LogP contribution in [0.25, 0.3) is 10.2 Å². The van der Waals surface area contributed by atoms with Gasteiger partial charge >= 0.3 is 5.97 Å². The van der Waals surface area contributed by atoms with Crippen molar-refractivity contribution in [2.75, 3.05) is 6.61 Å². The fraction of sp³-hybridized carbons (Fsp3) is 0.273. The van der Waals surface area contributed by atoms with E-state index in [-0.39, 0.29) is 13.2 Å². The molecule has 1 amide bonds. The van der Waals surface area contributed by atoms with Crippen molar-refractivity contribution < 1.29 is 14.3 Å². The molecule has 2 aromatic heterocycles. The van der Waals surface area contributed by atoms with Crippen molar-refractivity contribution in [3.63, 3.8) is 0 Å². The highest BCUT2D eigenvalue weighted by atomic mass is 79.9. The molecular formula is C11H11BrN2O3S. The molecule has 0 aliphatic heterocycles. The first-order chi connectivity index (χ1) is 8.52. The molecule has 2 heterocycles. The number of esters is 1. The third kappa shape index (κ3) is 2.41. The summed E-state index contributed by atoms with van der Waals surface area (Å²) in [6.45, 7) is 1.98. The minimum Gasteiger partial charge on any atom is -0.461 e. The molecule has 0 aliphatic carbocycles. The highest BCUT2D eigenvalue weighted by Crippen LogP contribution is 2.32. The van der Waals surface area contributed by atoms with Gasteiger partial charge in [-0.15, -0.1) is 11.3 Å². The second-order valence-corrected chi connectivity index (χ2v) is 6.07. The van der Waals surface area contributed by atoms with E-state index in [2.05, 4.69) is 15.9 Å². The normalized spacial score (nSPS) is 10.8. The minimum atomic E-state index is -0.500. The average Bonchev–Trinajstić information content (AvgIpc) is 2.77. The van der Waals surface area contributed by atoms with Crippen molar-refractivity contribution in [3.8, 4) is 0 Å². The summed E-state index contributed by atoms with van der Waals surface area (Å²) >= 11 is 4.85.